The van der Waals surface area contributed by atoms with Crippen molar-refractivity contribution in [3.05, 3.63) is 29.8 Å². The first-order valence-corrected chi connectivity index (χ1v) is 5.36. The summed E-state index contributed by atoms with van der Waals surface area (Å²) in [5, 5.41) is 2.55. The van der Waals surface area contributed by atoms with E-state index in [0.717, 1.165) is 12.1 Å². The molecule has 0 aliphatic heterocycles. The van der Waals surface area contributed by atoms with E-state index in [1.54, 1.807) is 25.9 Å². The second-order valence-corrected chi connectivity index (χ2v) is 4.20. The average molecular weight is 260 g/mol. The molecule has 0 aliphatic rings. The van der Waals surface area contributed by atoms with Gasteiger partial charge in [0.1, 0.15) is 0 Å². The normalized spacial score (nSPS) is 13.5. The predicted molar refractivity (Wildman–Crippen MR) is 63.2 cm³/mol. The minimum absolute atomic E-state index is 0.264. The molecule has 1 aromatic rings. The van der Waals surface area contributed by atoms with Gasteiger partial charge in [0, 0.05) is 5.69 Å². The molecule has 0 radical (unpaired) electrons. The van der Waals surface area contributed by atoms with Gasteiger partial charge in [-0.05, 0) is 45.3 Å². The molecule has 3 nitrogen and oxygen atoms in total. The lowest BCUT2D eigenvalue weighted by Gasteiger charge is -2.19. The van der Waals surface area contributed by atoms with Crippen molar-refractivity contribution in [1.82, 2.24) is 4.90 Å². The number of halogens is 3. The highest BCUT2D eigenvalue weighted by atomic mass is 19.4. The van der Waals surface area contributed by atoms with E-state index >= 15 is 0 Å². The monoisotopic (exact) mass is 260 g/mol. The summed E-state index contributed by atoms with van der Waals surface area (Å²) < 4.78 is 37.0. The number of rotatable bonds is 3. The van der Waals surface area contributed by atoms with Gasteiger partial charge in [-0.2, -0.15) is 13.2 Å². The van der Waals surface area contributed by atoms with Crippen LogP contribution >= 0.6 is 0 Å². The van der Waals surface area contributed by atoms with Crippen LogP contribution in [-0.4, -0.2) is 30.9 Å². The summed E-state index contributed by atoms with van der Waals surface area (Å²) in [6, 6.07) is 4.00. The van der Waals surface area contributed by atoms with Gasteiger partial charge in [0.05, 0.1) is 11.6 Å². The van der Waals surface area contributed by atoms with Crippen molar-refractivity contribution in [2.45, 2.75) is 19.1 Å². The minimum atomic E-state index is -4.36. The third kappa shape index (κ3) is 3.73. The molecule has 0 saturated heterocycles. The number of anilines is 1. The number of likely N-dealkylation sites (N-methyl/N-ethyl adjacent to an activating group) is 1. The third-order valence-corrected chi connectivity index (χ3v) is 2.63. The molecule has 6 heteroatoms. The predicted octanol–water partition coefficient (Wildman–Crippen LogP) is 2.59. The van der Waals surface area contributed by atoms with E-state index in [1.807, 2.05) is 0 Å². The lowest BCUT2D eigenvalue weighted by molar-refractivity contribution is -0.137. The van der Waals surface area contributed by atoms with E-state index in [9.17, 15) is 18.0 Å². The molecular formula is C12H15F3N2O. The number of nitrogens with zero attached hydrogens (tertiary/aromatic N) is 1. The molecule has 18 heavy (non-hydrogen) atoms. The Morgan fingerprint density at radius 1 is 1.22 bits per heavy atom. The largest absolute Gasteiger partial charge is 0.416 e. The lowest BCUT2D eigenvalue weighted by atomic mass is 10.2. The summed E-state index contributed by atoms with van der Waals surface area (Å²) in [7, 11) is 3.49. The number of carbonyl (C=O) groups is 1. The Labute approximate surface area is 104 Å². The van der Waals surface area contributed by atoms with Crippen LogP contribution in [-0.2, 0) is 11.0 Å². The van der Waals surface area contributed by atoms with Crippen molar-refractivity contribution in [2.75, 3.05) is 19.4 Å². The Balaban J connectivity index is 2.73. The molecule has 0 bridgehead atoms. The molecule has 0 fully saturated rings. The van der Waals surface area contributed by atoms with Crippen LogP contribution in [0.3, 0.4) is 0 Å². The molecule has 0 heterocycles. The first-order chi connectivity index (χ1) is 8.21. The fraction of sp³-hybridized carbons (Fsp3) is 0.417. The fourth-order valence-corrected chi connectivity index (χ4v) is 1.22. The Kier molecular flexibility index (Phi) is 4.34. The second-order valence-electron chi connectivity index (χ2n) is 4.20. The number of carbonyl (C=O) groups excluding carboxylic acids is 1. The van der Waals surface area contributed by atoms with Crippen LogP contribution in [0.15, 0.2) is 24.3 Å². The summed E-state index contributed by atoms with van der Waals surface area (Å²) >= 11 is 0. The van der Waals surface area contributed by atoms with Gasteiger partial charge in [0.15, 0.2) is 0 Å². The first kappa shape index (κ1) is 14.5. The van der Waals surface area contributed by atoms with Crippen molar-refractivity contribution in [2.24, 2.45) is 0 Å². The number of alkyl halides is 3. The summed E-state index contributed by atoms with van der Waals surface area (Å²) in [6.07, 6.45) is -4.36. The maximum Gasteiger partial charge on any atom is 0.416 e. The molecule has 1 aromatic carbocycles. The molecule has 1 atom stereocenters. The van der Waals surface area contributed by atoms with Crippen LogP contribution in [0.4, 0.5) is 18.9 Å². The van der Waals surface area contributed by atoms with E-state index in [0.29, 0.717) is 5.69 Å². The molecule has 0 spiro atoms. The fourth-order valence-electron chi connectivity index (χ4n) is 1.22. The topological polar surface area (TPSA) is 32.3 Å². The summed E-state index contributed by atoms with van der Waals surface area (Å²) in [4.78, 5) is 13.4. The molecule has 1 N–H and O–H groups in total. The van der Waals surface area contributed by atoms with Gasteiger partial charge in [-0.1, -0.05) is 0 Å². The molecule has 100 valence electrons. The zero-order valence-electron chi connectivity index (χ0n) is 10.4. The third-order valence-electron chi connectivity index (χ3n) is 2.63. The lowest BCUT2D eigenvalue weighted by Crippen LogP contribution is -2.37. The quantitative estimate of drug-likeness (QED) is 0.906. The Hall–Kier alpha value is -1.56. The van der Waals surface area contributed by atoms with E-state index in [2.05, 4.69) is 5.32 Å². The highest BCUT2D eigenvalue weighted by Gasteiger charge is 2.30. The van der Waals surface area contributed by atoms with Crippen LogP contribution in [0.5, 0.6) is 0 Å². The summed E-state index contributed by atoms with van der Waals surface area (Å²) in [5.74, 6) is -0.264. The number of hydrogen-bond acceptors (Lipinski definition) is 2. The Bertz CT molecular complexity index is 412. The van der Waals surface area contributed by atoms with Crippen LogP contribution in [0.25, 0.3) is 0 Å². The smallest absolute Gasteiger partial charge is 0.325 e. The highest BCUT2D eigenvalue weighted by molar-refractivity contribution is 5.94. The van der Waals surface area contributed by atoms with Crippen molar-refractivity contribution in [3.63, 3.8) is 0 Å². The highest BCUT2D eigenvalue weighted by Crippen LogP contribution is 2.29. The van der Waals surface area contributed by atoms with E-state index in [-0.39, 0.29) is 11.9 Å². The van der Waals surface area contributed by atoms with Gasteiger partial charge in [0.2, 0.25) is 5.91 Å². The van der Waals surface area contributed by atoms with Crippen molar-refractivity contribution >= 4 is 11.6 Å². The van der Waals surface area contributed by atoms with Gasteiger partial charge >= 0.3 is 6.18 Å². The minimum Gasteiger partial charge on any atom is -0.325 e. The standard InChI is InChI=1S/C12H15F3N2O/c1-8(17(2)3)11(18)16-10-6-4-9(5-7-10)12(13,14)15/h4-8H,1-3H3,(H,16,18)/t8-/m0/s1. The maximum atomic E-state index is 12.3. The summed E-state index contributed by atoms with van der Waals surface area (Å²) in [6.45, 7) is 1.71. The van der Waals surface area contributed by atoms with Crippen LogP contribution in [0, 0.1) is 0 Å². The van der Waals surface area contributed by atoms with Crippen LogP contribution < -0.4 is 5.32 Å². The van der Waals surface area contributed by atoms with E-state index in [1.165, 1.54) is 12.1 Å². The molecule has 0 aliphatic carbocycles. The first-order valence-electron chi connectivity index (χ1n) is 5.36. The SMILES string of the molecule is C[C@@H](C(=O)Nc1ccc(C(F)(F)F)cc1)N(C)C. The molecular weight excluding hydrogens is 245 g/mol. The van der Waals surface area contributed by atoms with Crippen molar-refractivity contribution < 1.29 is 18.0 Å². The number of amides is 1. The van der Waals surface area contributed by atoms with Gasteiger partial charge in [-0.25, -0.2) is 0 Å². The maximum absolute atomic E-state index is 12.3. The number of benzene rings is 1. The average Bonchev–Trinajstić information content (AvgIpc) is 2.27. The Morgan fingerprint density at radius 3 is 2.11 bits per heavy atom. The van der Waals surface area contributed by atoms with Crippen molar-refractivity contribution in [3.8, 4) is 0 Å². The molecule has 1 rings (SSSR count). The van der Waals surface area contributed by atoms with Gasteiger partial charge < -0.3 is 5.32 Å². The van der Waals surface area contributed by atoms with E-state index < -0.39 is 11.7 Å². The van der Waals surface area contributed by atoms with Crippen molar-refractivity contribution in [1.29, 1.82) is 0 Å². The number of nitrogens with one attached hydrogen (secondary N) is 1. The van der Waals surface area contributed by atoms with Gasteiger partial charge in [-0.3, -0.25) is 9.69 Å². The zero-order chi connectivity index (χ0) is 13.9. The Morgan fingerprint density at radius 2 is 1.72 bits per heavy atom. The zero-order valence-corrected chi connectivity index (χ0v) is 10.4. The van der Waals surface area contributed by atoms with E-state index in [4.69, 9.17) is 0 Å². The van der Waals surface area contributed by atoms with Gasteiger partial charge in [-0.15, -0.1) is 0 Å². The number of hydrogen-bond donors (Lipinski definition) is 1. The van der Waals surface area contributed by atoms with Crippen LogP contribution in [0.1, 0.15) is 12.5 Å². The molecule has 0 unspecified atom stereocenters. The van der Waals surface area contributed by atoms with Gasteiger partial charge in [0.25, 0.3) is 0 Å². The van der Waals surface area contributed by atoms with Crippen LogP contribution in [0.2, 0.25) is 0 Å². The second kappa shape index (κ2) is 5.39. The molecule has 0 saturated carbocycles. The molecule has 1 amide bonds. The summed E-state index contributed by atoms with van der Waals surface area (Å²) in [5.41, 5.74) is -0.386. The molecule has 0 aromatic heterocycles.